The molecule has 1 aliphatic carbocycles. The van der Waals surface area contributed by atoms with Crippen molar-refractivity contribution in [3.05, 3.63) is 0 Å². The Kier molecular flexibility index (Phi) is 4.22. The number of esters is 1. The molecule has 0 unspecified atom stereocenters. The molecule has 1 aliphatic heterocycles. The fourth-order valence-corrected chi connectivity index (χ4v) is 2.71. The van der Waals surface area contributed by atoms with Crippen molar-refractivity contribution in [2.75, 3.05) is 26.2 Å². The molecular weight excluding hydrogens is 202 g/mol. The lowest BCUT2D eigenvalue weighted by Crippen LogP contribution is -2.42. The predicted molar refractivity (Wildman–Crippen MR) is 63.1 cm³/mol. The summed E-state index contributed by atoms with van der Waals surface area (Å²) in [7, 11) is 0. The number of carbonyl (C=O) groups is 1. The maximum absolute atomic E-state index is 11.7. The Bertz CT molecular complexity index is 238. The van der Waals surface area contributed by atoms with Crippen LogP contribution in [0.3, 0.4) is 0 Å². The van der Waals surface area contributed by atoms with E-state index < -0.39 is 0 Å². The zero-order valence-electron chi connectivity index (χ0n) is 10.3. The summed E-state index contributed by atoms with van der Waals surface area (Å²) < 4.78 is 5.11. The monoisotopic (exact) mass is 225 g/mol. The number of piperidine rings is 1. The molecule has 3 nitrogen and oxygen atoms in total. The van der Waals surface area contributed by atoms with Crippen LogP contribution in [0.1, 0.15) is 39.0 Å². The van der Waals surface area contributed by atoms with Gasteiger partial charge in [0.25, 0.3) is 0 Å². The van der Waals surface area contributed by atoms with E-state index in [-0.39, 0.29) is 11.9 Å². The first-order chi connectivity index (χ1) is 7.79. The van der Waals surface area contributed by atoms with E-state index in [1.807, 2.05) is 6.92 Å². The quantitative estimate of drug-likeness (QED) is 0.686. The number of rotatable bonds is 4. The highest BCUT2D eigenvalue weighted by Gasteiger charge is 2.29. The zero-order chi connectivity index (χ0) is 11.4. The SMILES string of the molecule is CCOC(=O)[C@H]1CCCN(CC2CCC2)C1. The summed E-state index contributed by atoms with van der Waals surface area (Å²) in [6.07, 6.45) is 6.34. The van der Waals surface area contributed by atoms with Crippen molar-refractivity contribution < 1.29 is 9.53 Å². The van der Waals surface area contributed by atoms with Gasteiger partial charge in [-0.15, -0.1) is 0 Å². The van der Waals surface area contributed by atoms with Gasteiger partial charge in [0.1, 0.15) is 0 Å². The third-order valence-corrected chi connectivity index (χ3v) is 3.87. The van der Waals surface area contributed by atoms with Crippen molar-refractivity contribution in [1.82, 2.24) is 4.90 Å². The number of hydrogen-bond acceptors (Lipinski definition) is 3. The van der Waals surface area contributed by atoms with Gasteiger partial charge in [0, 0.05) is 13.1 Å². The fourth-order valence-electron chi connectivity index (χ4n) is 2.71. The van der Waals surface area contributed by atoms with E-state index in [9.17, 15) is 4.79 Å². The van der Waals surface area contributed by atoms with Gasteiger partial charge < -0.3 is 9.64 Å². The molecule has 0 spiro atoms. The minimum absolute atomic E-state index is 0.0146. The molecule has 2 aliphatic rings. The first-order valence-electron chi connectivity index (χ1n) is 6.68. The standard InChI is InChI=1S/C13H23NO2/c1-2-16-13(15)12-7-4-8-14(10-12)9-11-5-3-6-11/h11-12H,2-10H2,1H3/t12-/m0/s1. The average Bonchev–Trinajstić information content (AvgIpc) is 2.24. The molecule has 1 saturated heterocycles. The van der Waals surface area contributed by atoms with Crippen molar-refractivity contribution >= 4 is 5.97 Å². The second kappa shape index (κ2) is 5.67. The smallest absolute Gasteiger partial charge is 0.310 e. The number of hydrogen-bond donors (Lipinski definition) is 0. The summed E-state index contributed by atoms with van der Waals surface area (Å²) >= 11 is 0. The van der Waals surface area contributed by atoms with E-state index in [2.05, 4.69) is 4.90 Å². The molecule has 0 bridgehead atoms. The van der Waals surface area contributed by atoms with Crippen LogP contribution in [0.15, 0.2) is 0 Å². The maximum atomic E-state index is 11.7. The third kappa shape index (κ3) is 2.97. The first kappa shape index (κ1) is 11.9. The fraction of sp³-hybridized carbons (Fsp3) is 0.923. The van der Waals surface area contributed by atoms with E-state index in [4.69, 9.17) is 4.74 Å². The summed E-state index contributed by atoms with van der Waals surface area (Å²) in [6, 6.07) is 0. The minimum Gasteiger partial charge on any atom is -0.466 e. The Morgan fingerprint density at radius 3 is 2.75 bits per heavy atom. The molecule has 3 heteroatoms. The van der Waals surface area contributed by atoms with E-state index >= 15 is 0 Å². The Labute approximate surface area is 98.1 Å². The summed E-state index contributed by atoms with van der Waals surface area (Å²) in [5.74, 6) is 1.05. The first-order valence-corrected chi connectivity index (χ1v) is 6.68. The second-order valence-corrected chi connectivity index (χ2v) is 5.15. The van der Waals surface area contributed by atoms with Gasteiger partial charge in [-0.1, -0.05) is 6.42 Å². The lowest BCUT2D eigenvalue weighted by atomic mass is 9.84. The van der Waals surface area contributed by atoms with Gasteiger partial charge in [0.05, 0.1) is 12.5 Å². The topological polar surface area (TPSA) is 29.5 Å². The molecule has 0 aromatic rings. The van der Waals surface area contributed by atoms with Gasteiger partial charge >= 0.3 is 5.97 Å². The molecule has 1 atom stereocenters. The molecule has 0 aromatic carbocycles. The van der Waals surface area contributed by atoms with Gasteiger partial charge in [-0.25, -0.2) is 0 Å². The van der Waals surface area contributed by atoms with Crippen LogP contribution < -0.4 is 0 Å². The highest BCUT2D eigenvalue weighted by Crippen LogP contribution is 2.28. The maximum Gasteiger partial charge on any atom is 0.310 e. The van der Waals surface area contributed by atoms with E-state index in [0.717, 1.165) is 25.3 Å². The molecule has 0 aromatic heterocycles. The third-order valence-electron chi connectivity index (χ3n) is 3.87. The van der Waals surface area contributed by atoms with Crippen LogP contribution in [0.2, 0.25) is 0 Å². The van der Waals surface area contributed by atoms with E-state index in [1.165, 1.54) is 32.4 Å². The van der Waals surface area contributed by atoms with Crippen LogP contribution in [-0.2, 0) is 9.53 Å². The molecule has 92 valence electrons. The van der Waals surface area contributed by atoms with E-state index in [1.54, 1.807) is 0 Å². The van der Waals surface area contributed by atoms with Crippen LogP contribution in [0.25, 0.3) is 0 Å². The molecule has 16 heavy (non-hydrogen) atoms. The largest absolute Gasteiger partial charge is 0.466 e. The van der Waals surface area contributed by atoms with Crippen LogP contribution in [0.4, 0.5) is 0 Å². The van der Waals surface area contributed by atoms with Crippen LogP contribution in [0.5, 0.6) is 0 Å². The molecule has 2 fully saturated rings. The van der Waals surface area contributed by atoms with Gasteiger partial charge in [-0.2, -0.15) is 0 Å². The number of carbonyl (C=O) groups excluding carboxylic acids is 1. The number of nitrogens with zero attached hydrogens (tertiary/aromatic N) is 1. The molecule has 0 N–H and O–H groups in total. The Morgan fingerprint density at radius 1 is 1.31 bits per heavy atom. The molecule has 1 saturated carbocycles. The lowest BCUT2D eigenvalue weighted by Gasteiger charge is -2.36. The van der Waals surface area contributed by atoms with Gasteiger partial charge in [-0.05, 0) is 45.1 Å². The molecule has 0 amide bonds. The number of ether oxygens (including phenoxy) is 1. The zero-order valence-corrected chi connectivity index (χ0v) is 10.3. The highest BCUT2D eigenvalue weighted by atomic mass is 16.5. The van der Waals surface area contributed by atoms with Crippen molar-refractivity contribution in [2.45, 2.75) is 39.0 Å². The normalized spacial score (nSPS) is 27.4. The summed E-state index contributed by atoms with van der Waals surface area (Å²) in [5.41, 5.74) is 0. The van der Waals surface area contributed by atoms with Crippen molar-refractivity contribution in [1.29, 1.82) is 0 Å². The van der Waals surface area contributed by atoms with Crippen LogP contribution in [0, 0.1) is 11.8 Å². The highest BCUT2D eigenvalue weighted by molar-refractivity contribution is 5.72. The van der Waals surface area contributed by atoms with Crippen LogP contribution >= 0.6 is 0 Å². The lowest BCUT2D eigenvalue weighted by molar-refractivity contribution is -0.150. The van der Waals surface area contributed by atoms with Gasteiger partial charge in [0.15, 0.2) is 0 Å². The minimum atomic E-state index is 0.0146. The van der Waals surface area contributed by atoms with Crippen molar-refractivity contribution in [3.8, 4) is 0 Å². The molecule has 1 heterocycles. The molecule has 2 rings (SSSR count). The number of likely N-dealkylation sites (tertiary alicyclic amines) is 1. The van der Waals surface area contributed by atoms with Gasteiger partial charge in [0.2, 0.25) is 0 Å². The Balaban J connectivity index is 1.76. The van der Waals surface area contributed by atoms with Crippen molar-refractivity contribution in [2.24, 2.45) is 11.8 Å². The predicted octanol–water partition coefficient (Wildman–Crippen LogP) is 2.06. The Hall–Kier alpha value is -0.570. The van der Waals surface area contributed by atoms with Crippen molar-refractivity contribution in [3.63, 3.8) is 0 Å². The molecule has 0 radical (unpaired) electrons. The van der Waals surface area contributed by atoms with Crippen LogP contribution in [-0.4, -0.2) is 37.1 Å². The summed E-state index contributed by atoms with van der Waals surface area (Å²) in [6.45, 7) is 5.70. The summed E-state index contributed by atoms with van der Waals surface area (Å²) in [5, 5.41) is 0. The molecular formula is C13H23NO2. The average molecular weight is 225 g/mol. The summed E-state index contributed by atoms with van der Waals surface area (Å²) in [4.78, 5) is 14.1. The second-order valence-electron chi connectivity index (χ2n) is 5.15. The Morgan fingerprint density at radius 2 is 2.12 bits per heavy atom. The van der Waals surface area contributed by atoms with E-state index in [0.29, 0.717) is 6.61 Å². The van der Waals surface area contributed by atoms with Gasteiger partial charge in [-0.3, -0.25) is 4.79 Å².